The number of esters is 1. The van der Waals surface area contributed by atoms with Crippen molar-refractivity contribution in [1.29, 1.82) is 0 Å². The van der Waals surface area contributed by atoms with Gasteiger partial charge in [-0.1, -0.05) is 48.2 Å². The van der Waals surface area contributed by atoms with Gasteiger partial charge in [0.15, 0.2) is 6.61 Å². The molecule has 0 aliphatic carbocycles. The van der Waals surface area contributed by atoms with Crippen molar-refractivity contribution in [2.45, 2.75) is 37.1 Å². The Hall–Kier alpha value is -2.13. The first kappa shape index (κ1) is 24.5. The fourth-order valence-electron chi connectivity index (χ4n) is 3.32. The monoisotopic (exact) mass is 498 g/mol. The fourth-order valence-corrected chi connectivity index (χ4v) is 5.46. The van der Waals surface area contributed by atoms with Crippen LogP contribution < -0.4 is 5.32 Å². The van der Waals surface area contributed by atoms with Gasteiger partial charge in [-0.3, -0.25) is 4.79 Å². The van der Waals surface area contributed by atoms with Crippen LogP contribution in [0.15, 0.2) is 47.4 Å². The van der Waals surface area contributed by atoms with Gasteiger partial charge in [-0.2, -0.15) is 4.31 Å². The summed E-state index contributed by atoms with van der Waals surface area (Å²) in [5, 5.41) is 3.26. The first-order valence-corrected chi connectivity index (χ1v) is 12.4. The van der Waals surface area contributed by atoms with Crippen molar-refractivity contribution in [3.05, 3.63) is 63.6 Å². The van der Waals surface area contributed by atoms with Crippen molar-refractivity contribution >= 4 is 45.1 Å². The Balaban J connectivity index is 1.61. The molecule has 1 heterocycles. The number of amides is 1. The number of carbonyl (C=O) groups is 2. The number of halogens is 2. The number of hydrogen-bond acceptors (Lipinski definition) is 5. The predicted octanol–water partition coefficient (Wildman–Crippen LogP) is 4.03. The topological polar surface area (TPSA) is 92.8 Å². The van der Waals surface area contributed by atoms with Gasteiger partial charge in [-0.15, -0.1) is 0 Å². The third kappa shape index (κ3) is 6.45. The smallest absolute Gasteiger partial charge is 0.338 e. The highest BCUT2D eigenvalue weighted by molar-refractivity contribution is 7.89. The molecule has 0 aromatic heterocycles. The van der Waals surface area contributed by atoms with Crippen LogP contribution in [0.4, 0.5) is 0 Å². The summed E-state index contributed by atoms with van der Waals surface area (Å²) in [4.78, 5) is 24.3. The molecule has 32 heavy (non-hydrogen) atoms. The first-order chi connectivity index (χ1) is 15.3. The van der Waals surface area contributed by atoms with Crippen LogP contribution in [0.3, 0.4) is 0 Å². The van der Waals surface area contributed by atoms with Gasteiger partial charge in [0.1, 0.15) is 4.90 Å². The van der Waals surface area contributed by atoms with Crippen molar-refractivity contribution < 1.29 is 22.7 Å². The van der Waals surface area contributed by atoms with Gasteiger partial charge in [0.25, 0.3) is 5.91 Å². The quantitative estimate of drug-likeness (QED) is 0.581. The van der Waals surface area contributed by atoms with E-state index in [2.05, 4.69) is 5.32 Å². The SMILES string of the molecule is O=C(COC(=O)c1ccc(Cl)c(S(=O)(=O)N2CCCCCC2)c1)NCc1ccc(Cl)cc1. The van der Waals surface area contributed by atoms with E-state index >= 15 is 0 Å². The molecule has 7 nitrogen and oxygen atoms in total. The molecule has 1 aliphatic rings. The lowest BCUT2D eigenvalue weighted by Gasteiger charge is -2.21. The molecule has 1 fully saturated rings. The summed E-state index contributed by atoms with van der Waals surface area (Å²) in [5.41, 5.74) is 0.850. The molecule has 10 heteroatoms. The zero-order valence-corrected chi connectivity index (χ0v) is 19.7. The summed E-state index contributed by atoms with van der Waals surface area (Å²) < 4.78 is 32.6. The van der Waals surface area contributed by atoms with Crippen LogP contribution >= 0.6 is 23.2 Å². The second kappa shape index (κ2) is 11.1. The van der Waals surface area contributed by atoms with Gasteiger partial charge in [-0.25, -0.2) is 13.2 Å². The molecular formula is C22H24Cl2N2O5S. The highest BCUT2D eigenvalue weighted by Gasteiger charge is 2.28. The van der Waals surface area contributed by atoms with Gasteiger partial charge >= 0.3 is 5.97 Å². The summed E-state index contributed by atoms with van der Waals surface area (Å²) >= 11 is 12.0. The predicted molar refractivity (Wildman–Crippen MR) is 122 cm³/mol. The van der Waals surface area contributed by atoms with Crippen LogP contribution in [0.25, 0.3) is 0 Å². The number of sulfonamides is 1. The van der Waals surface area contributed by atoms with Crippen LogP contribution in [0.5, 0.6) is 0 Å². The van der Waals surface area contributed by atoms with E-state index in [0.717, 1.165) is 31.2 Å². The second-order valence-corrected chi connectivity index (χ2v) is 10.2. The molecule has 0 atom stereocenters. The number of carbonyl (C=O) groups excluding carboxylic acids is 2. The molecule has 172 valence electrons. The molecule has 0 saturated carbocycles. The first-order valence-electron chi connectivity index (χ1n) is 10.3. The molecule has 1 amide bonds. The Bertz CT molecular complexity index is 1070. The minimum absolute atomic E-state index is 0.00768. The standard InChI is InChI=1S/C22H24Cl2N2O5S/c23-18-8-5-16(6-9-18)14-25-21(27)15-31-22(28)17-7-10-19(24)20(13-17)32(29,30)26-11-3-1-2-4-12-26/h5-10,13H,1-4,11-12,14-15H2,(H,25,27). The van der Waals surface area contributed by atoms with E-state index < -0.39 is 28.5 Å². The van der Waals surface area contributed by atoms with Crippen LogP contribution in [-0.4, -0.2) is 44.3 Å². The van der Waals surface area contributed by atoms with Crippen molar-refractivity contribution in [2.75, 3.05) is 19.7 Å². The lowest BCUT2D eigenvalue weighted by molar-refractivity contribution is -0.124. The van der Waals surface area contributed by atoms with Crippen LogP contribution in [-0.2, 0) is 26.1 Å². The minimum atomic E-state index is -3.84. The molecule has 0 radical (unpaired) electrons. The van der Waals surface area contributed by atoms with Crippen molar-refractivity contribution in [3.8, 4) is 0 Å². The van der Waals surface area contributed by atoms with E-state index in [9.17, 15) is 18.0 Å². The van der Waals surface area contributed by atoms with Gasteiger partial charge < -0.3 is 10.1 Å². The Morgan fingerprint density at radius 2 is 1.62 bits per heavy atom. The average molecular weight is 499 g/mol. The molecule has 2 aromatic carbocycles. The highest BCUT2D eigenvalue weighted by atomic mass is 35.5. The number of rotatable bonds is 7. The number of benzene rings is 2. The largest absolute Gasteiger partial charge is 0.452 e. The molecular weight excluding hydrogens is 475 g/mol. The zero-order chi connectivity index (χ0) is 23.1. The van der Waals surface area contributed by atoms with Crippen molar-refractivity contribution in [2.24, 2.45) is 0 Å². The average Bonchev–Trinajstić information content (AvgIpc) is 3.07. The lowest BCUT2D eigenvalue weighted by atomic mass is 10.2. The number of nitrogens with one attached hydrogen (secondary N) is 1. The maximum absolute atomic E-state index is 13.1. The molecule has 1 saturated heterocycles. The molecule has 2 aromatic rings. The summed E-state index contributed by atoms with van der Waals surface area (Å²) in [6, 6.07) is 10.9. The van der Waals surface area contributed by atoms with Gasteiger partial charge in [0.05, 0.1) is 10.6 Å². The maximum Gasteiger partial charge on any atom is 0.338 e. The van der Waals surface area contributed by atoms with E-state index in [1.54, 1.807) is 24.3 Å². The molecule has 1 aliphatic heterocycles. The summed E-state index contributed by atoms with van der Waals surface area (Å²) in [6.45, 7) is 0.595. The van der Waals surface area contributed by atoms with E-state index in [4.69, 9.17) is 27.9 Å². The van der Waals surface area contributed by atoms with E-state index in [0.29, 0.717) is 18.1 Å². The third-order valence-electron chi connectivity index (χ3n) is 5.09. The second-order valence-electron chi connectivity index (χ2n) is 7.44. The van der Waals surface area contributed by atoms with E-state index in [1.165, 1.54) is 22.5 Å². The van der Waals surface area contributed by atoms with Gasteiger partial charge in [0.2, 0.25) is 10.0 Å². The molecule has 1 N–H and O–H groups in total. The lowest BCUT2D eigenvalue weighted by Crippen LogP contribution is -2.32. The number of ether oxygens (including phenoxy) is 1. The maximum atomic E-state index is 13.1. The van der Waals surface area contributed by atoms with Crippen molar-refractivity contribution in [1.82, 2.24) is 9.62 Å². The minimum Gasteiger partial charge on any atom is -0.452 e. The molecule has 0 unspecified atom stereocenters. The Morgan fingerprint density at radius 1 is 0.969 bits per heavy atom. The molecule has 0 bridgehead atoms. The zero-order valence-electron chi connectivity index (χ0n) is 17.4. The molecule has 3 rings (SSSR count). The Labute approximate surface area is 197 Å². The van der Waals surface area contributed by atoms with Crippen LogP contribution in [0.1, 0.15) is 41.6 Å². The summed E-state index contributed by atoms with van der Waals surface area (Å²) in [6.07, 6.45) is 3.52. The summed E-state index contributed by atoms with van der Waals surface area (Å²) in [7, 11) is -3.84. The normalized spacial score (nSPS) is 15.1. The van der Waals surface area contributed by atoms with Gasteiger partial charge in [-0.05, 0) is 48.7 Å². The molecule has 0 spiro atoms. The third-order valence-corrected chi connectivity index (χ3v) is 7.72. The highest BCUT2D eigenvalue weighted by Crippen LogP contribution is 2.28. The van der Waals surface area contributed by atoms with Gasteiger partial charge in [0, 0.05) is 24.7 Å². The fraction of sp³-hybridized carbons (Fsp3) is 0.364. The van der Waals surface area contributed by atoms with Crippen LogP contribution in [0, 0.1) is 0 Å². The van der Waals surface area contributed by atoms with E-state index in [-0.39, 0.29) is 22.0 Å². The van der Waals surface area contributed by atoms with E-state index in [1.807, 2.05) is 0 Å². The number of hydrogen-bond donors (Lipinski definition) is 1. The van der Waals surface area contributed by atoms with Crippen LogP contribution in [0.2, 0.25) is 10.0 Å². The Morgan fingerprint density at radius 3 is 2.28 bits per heavy atom. The number of nitrogens with zero attached hydrogens (tertiary/aromatic N) is 1. The Kier molecular flexibility index (Phi) is 8.53. The van der Waals surface area contributed by atoms with Crippen molar-refractivity contribution in [3.63, 3.8) is 0 Å². The summed E-state index contributed by atoms with van der Waals surface area (Å²) in [5.74, 6) is -1.30.